The van der Waals surface area contributed by atoms with Crippen molar-refractivity contribution in [2.24, 2.45) is 0 Å². The molecule has 21 heavy (non-hydrogen) atoms. The van der Waals surface area contributed by atoms with Crippen LogP contribution in [-0.2, 0) is 0 Å². The van der Waals surface area contributed by atoms with Gasteiger partial charge in [-0.05, 0) is 45.5 Å². The van der Waals surface area contributed by atoms with Crippen molar-refractivity contribution in [3.8, 4) is 5.75 Å². The van der Waals surface area contributed by atoms with Crippen LogP contribution in [0.15, 0.2) is 18.2 Å². The first kappa shape index (κ1) is 15.8. The lowest BCUT2D eigenvalue weighted by atomic mass is 10.0. The van der Waals surface area contributed by atoms with E-state index in [-0.39, 0.29) is 5.78 Å². The molecule has 0 amide bonds. The lowest BCUT2D eigenvalue weighted by Gasteiger charge is -2.33. The van der Waals surface area contributed by atoms with Crippen LogP contribution in [0.25, 0.3) is 0 Å². The molecule has 0 N–H and O–H groups in total. The van der Waals surface area contributed by atoms with Crippen LogP contribution in [0.4, 0.5) is 5.69 Å². The lowest BCUT2D eigenvalue weighted by Crippen LogP contribution is -2.40. The van der Waals surface area contributed by atoms with Crippen molar-refractivity contribution in [2.45, 2.75) is 32.7 Å². The van der Waals surface area contributed by atoms with Gasteiger partial charge in [-0.3, -0.25) is 4.79 Å². The second-order valence-electron chi connectivity index (χ2n) is 5.78. The van der Waals surface area contributed by atoms with E-state index in [0.717, 1.165) is 38.2 Å². The van der Waals surface area contributed by atoms with Crippen molar-refractivity contribution in [3.63, 3.8) is 0 Å². The van der Waals surface area contributed by atoms with Crippen molar-refractivity contribution in [1.82, 2.24) is 4.90 Å². The van der Waals surface area contributed by atoms with E-state index in [1.165, 1.54) is 0 Å². The molecule has 1 aliphatic rings. The normalized spacial score (nSPS) is 20.2. The lowest BCUT2D eigenvalue weighted by molar-refractivity contribution is 0.101. The Morgan fingerprint density at radius 2 is 2.14 bits per heavy atom. The molecule has 1 fully saturated rings. The second-order valence-corrected chi connectivity index (χ2v) is 5.78. The molecule has 0 radical (unpaired) electrons. The third kappa shape index (κ3) is 3.38. The molecule has 1 aromatic carbocycles. The Morgan fingerprint density at radius 3 is 2.76 bits per heavy atom. The Labute approximate surface area is 127 Å². The highest BCUT2D eigenvalue weighted by atomic mass is 16.5. The van der Waals surface area contributed by atoms with E-state index in [2.05, 4.69) is 23.8 Å². The fraction of sp³-hybridized carbons (Fsp3) is 0.588. The molecule has 0 spiro atoms. The first-order chi connectivity index (χ1) is 10.1. The van der Waals surface area contributed by atoms with Gasteiger partial charge in [-0.1, -0.05) is 13.0 Å². The number of likely N-dealkylation sites (N-methyl/N-ethyl adjacent to an activating group) is 1. The van der Waals surface area contributed by atoms with Gasteiger partial charge in [0.05, 0.1) is 18.4 Å². The van der Waals surface area contributed by atoms with Crippen LogP contribution >= 0.6 is 0 Å². The van der Waals surface area contributed by atoms with Gasteiger partial charge in [0, 0.05) is 19.1 Å². The molecule has 1 aliphatic heterocycles. The molecule has 2 rings (SSSR count). The minimum Gasteiger partial charge on any atom is -0.496 e. The standard InChI is InChI=1S/C17H26N2O2/c1-5-14-12-18(3)10-7-11-19(14)15-8-6-9-16(21-4)17(15)13(2)20/h6,8-9,14H,5,7,10-12H2,1-4H3. The number of rotatable bonds is 4. The van der Waals surface area contributed by atoms with Gasteiger partial charge in [-0.25, -0.2) is 0 Å². The largest absolute Gasteiger partial charge is 0.496 e. The van der Waals surface area contributed by atoms with Gasteiger partial charge >= 0.3 is 0 Å². The number of carbonyl (C=O) groups is 1. The maximum absolute atomic E-state index is 12.1. The monoisotopic (exact) mass is 290 g/mol. The van der Waals surface area contributed by atoms with Gasteiger partial charge in [-0.15, -0.1) is 0 Å². The van der Waals surface area contributed by atoms with Gasteiger partial charge < -0.3 is 14.5 Å². The number of anilines is 1. The Balaban J connectivity index is 2.45. The second kappa shape index (κ2) is 6.94. The zero-order valence-corrected chi connectivity index (χ0v) is 13.6. The van der Waals surface area contributed by atoms with Crippen LogP contribution in [0.2, 0.25) is 0 Å². The van der Waals surface area contributed by atoms with Crippen LogP contribution in [-0.4, -0.2) is 50.5 Å². The van der Waals surface area contributed by atoms with E-state index < -0.39 is 0 Å². The van der Waals surface area contributed by atoms with Gasteiger partial charge in [0.25, 0.3) is 0 Å². The summed E-state index contributed by atoms with van der Waals surface area (Å²) in [6.45, 7) is 6.95. The summed E-state index contributed by atoms with van der Waals surface area (Å²) in [4.78, 5) is 16.9. The summed E-state index contributed by atoms with van der Waals surface area (Å²) in [5.41, 5.74) is 1.73. The third-order valence-electron chi connectivity index (χ3n) is 4.26. The van der Waals surface area contributed by atoms with Crippen LogP contribution in [0.3, 0.4) is 0 Å². The van der Waals surface area contributed by atoms with Crippen LogP contribution < -0.4 is 9.64 Å². The van der Waals surface area contributed by atoms with Crippen molar-refractivity contribution in [3.05, 3.63) is 23.8 Å². The van der Waals surface area contributed by atoms with E-state index >= 15 is 0 Å². The SMILES string of the molecule is CCC1CN(C)CCCN1c1cccc(OC)c1C(C)=O. The summed E-state index contributed by atoms with van der Waals surface area (Å²) in [5.74, 6) is 0.738. The molecule has 4 heteroatoms. The molecular weight excluding hydrogens is 264 g/mol. The van der Waals surface area contributed by atoms with Gasteiger partial charge in [0.2, 0.25) is 0 Å². The number of benzene rings is 1. The quantitative estimate of drug-likeness (QED) is 0.798. The fourth-order valence-electron chi connectivity index (χ4n) is 3.19. The highest BCUT2D eigenvalue weighted by Gasteiger charge is 2.26. The Hall–Kier alpha value is -1.55. The average Bonchev–Trinajstić information content (AvgIpc) is 2.67. The fourth-order valence-corrected chi connectivity index (χ4v) is 3.19. The molecule has 1 saturated heterocycles. The number of nitrogens with zero attached hydrogens (tertiary/aromatic N) is 2. The highest BCUT2D eigenvalue weighted by molar-refractivity contribution is 6.02. The summed E-state index contributed by atoms with van der Waals surface area (Å²) in [7, 11) is 3.79. The first-order valence-electron chi connectivity index (χ1n) is 7.71. The minimum absolute atomic E-state index is 0.0647. The van der Waals surface area contributed by atoms with Gasteiger partial charge in [0.1, 0.15) is 5.75 Å². The summed E-state index contributed by atoms with van der Waals surface area (Å²) < 4.78 is 5.40. The Bertz CT molecular complexity index is 502. The molecule has 0 aliphatic carbocycles. The molecule has 1 aromatic rings. The van der Waals surface area contributed by atoms with E-state index in [1.54, 1.807) is 14.0 Å². The highest BCUT2D eigenvalue weighted by Crippen LogP contribution is 2.32. The molecule has 0 bridgehead atoms. The van der Waals surface area contributed by atoms with E-state index in [4.69, 9.17) is 4.74 Å². The maximum Gasteiger partial charge on any atom is 0.165 e. The van der Waals surface area contributed by atoms with Gasteiger partial charge in [-0.2, -0.15) is 0 Å². The Kier molecular flexibility index (Phi) is 5.23. The number of ketones is 1. The summed E-state index contributed by atoms with van der Waals surface area (Å²) in [5, 5.41) is 0. The number of hydrogen-bond acceptors (Lipinski definition) is 4. The number of Topliss-reactive ketones (excluding diaryl/α,β-unsaturated/α-hetero) is 1. The minimum atomic E-state index is 0.0647. The molecule has 1 atom stereocenters. The molecule has 1 heterocycles. The summed E-state index contributed by atoms with van der Waals surface area (Å²) >= 11 is 0. The molecule has 0 saturated carbocycles. The van der Waals surface area contributed by atoms with Crippen LogP contribution in [0, 0.1) is 0 Å². The zero-order chi connectivity index (χ0) is 15.4. The number of carbonyl (C=O) groups excluding carboxylic acids is 1. The molecular formula is C17H26N2O2. The summed E-state index contributed by atoms with van der Waals surface area (Å²) in [6.07, 6.45) is 2.18. The predicted octanol–water partition coefficient (Wildman–Crippen LogP) is 2.82. The predicted molar refractivity (Wildman–Crippen MR) is 86.5 cm³/mol. The van der Waals surface area contributed by atoms with E-state index in [0.29, 0.717) is 17.4 Å². The Morgan fingerprint density at radius 1 is 1.38 bits per heavy atom. The number of ether oxygens (including phenoxy) is 1. The van der Waals surface area contributed by atoms with Crippen LogP contribution in [0.1, 0.15) is 37.0 Å². The van der Waals surface area contributed by atoms with Crippen molar-refractivity contribution in [2.75, 3.05) is 38.7 Å². The van der Waals surface area contributed by atoms with E-state index in [1.807, 2.05) is 18.2 Å². The molecule has 116 valence electrons. The van der Waals surface area contributed by atoms with Crippen LogP contribution in [0.5, 0.6) is 5.75 Å². The molecule has 1 unspecified atom stereocenters. The van der Waals surface area contributed by atoms with Gasteiger partial charge in [0.15, 0.2) is 5.78 Å². The van der Waals surface area contributed by atoms with Crippen molar-refractivity contribution >= 4 is 11.5 Å². The van der Waals surface area contributed by atoms with Crippen molar-refractivity contribution in [1.29, 1.82) is 0 Å². The smallest absolute Gasteiger partial charge is 0.165 e. The number of methoxy groups -OCH3 is 1. The average molecular weight is 290 g/mol. The third-order valence-corrected chi connectivity index (χ3v) is 4.26. The first-order valence-corrected chi connectivity index (χ1v) is 7.71. The van der Waals surface area contributed by atoms with Crippen molar-refractivity contribution < 1.29 is 9.53 Å². The topological polar surface area (TPSA) is 32.8 Å². The maximum atomic E-state index is 12.1. The summed E-state index contributed by atoms with van der Waals surface area (Å²) in [6, 6.07) is 6.32. The van der Waals surface area contributed by atoms with E-state index in [9.17, 15) is 4.79 Å². The zero-order valence-electron chi connectivity index (χ0n) is 13.6. The molecule has 4 nitrogen and oxygen atoms in total. The molecule has 0 aromatic heterocycles. The number of hydrogen-bond donors (Lipinski definition) is 0.